The molecule has 0 amide bonds. The second kappa shape index (κ2) is 5.47. The second-order valence-electron chi connectivity index (χ2n) is 7.11. The summed E-state index contributed by atoms with van der Waals surface area (Å²) in [5.74, 6) is 0. The highest BCUT2D eigenvalue weighted by Crippen LogP contribution is 2.41. The van der Waals surface area contributed by atoms with Gasteiger partial charge >= 0.3 is 0 Å². The minimum atomic E-state index is -0.0961. The van der Waals surface area contributed by atoms with E-state index < -0.39 is 0 Å². The summed E-state index contributed by atoms with van der Waals surface area (Å²) in [6, 6.07) is 0.493. The average Bonchev–Trinajstić information content (AvgIpc) is 2.57. The predicted octanol–water partition coefficient (Wildman–Crippen LogP) is 2.34. The monoisotopic (exact) mass is 359 g/mol. The highest BCUT2D eigenvalue weighted by molar-refractivity contribution is 6.36. The summed E-state index contributed by atoms with van der Waals surface area (Å²) < 4.78 is 1.60. The summed E-state index contributed by atoms with van der Waals surface area (Å²) >= 11 is 6.51. The molecule has 4 heterocycles. The molecule has 0 bridgehead atoms. The molecule has 2 atom stereocenters. The average molecular weight is 360 g/mol. The minimum absolute atomic E-state index is 0.0961. The van der Waals surface area contributed by atoms with Crippen LogP contribution in [0.4, 0.5) is 11.4 Å². The van der Waals surface area contributed by atoms with E-state index in [1.807, 2.05) is 13.1 Å². The Morgan fingerprint density at radius 3 is 2.80 bits per heavy atom. The van der Waals surface area contributed by atoms with E-state index in [0.717, 1.165) is 41.1 Å². The first kappa shape index (κ1) is 16.4. The van der Waals surface area contributed by atoms with Crippen LogP contribution in [0.5, 0.6) is 0 Å². The van der Waals surface area contributed by atoms with Crippen LogP contribution in [0.15, 0.2) is 23.3 Å². The Kier molecular flexibility index (Phi) is 3.60. The van der Waals surface area contributed by atoms with Gasteiger partial charge in [-0.1, -0.05) is 18.2 Å². The molecule has 1 saturated heterocycles. The molecule has 2 unspecified atom stereocenters. The number of nitrogens with zero attached hydrogens (tertiary/aromatic N) is 4. The number of rotatable bonds is 0. The largest absolute Gasteiger partial charge is 0.358 e. The summed E-state index contributed by atoms with van der Waals surface area (Å²) in [5.41, 5.74) is 3.67. The summed E-state index contributed by atoms with van der Waals surface area (Å²) in [5, 5.41) is 4.69. The molecule has 6 nitrogen and oxygen atoms in total. The van der Waals surface area contributed by atoms with E-state index in [0.29, 0.717) is 16.8 Å². The maximum absolute atomic E-state index is 13.0. The molecule has 0 spiro atoms. The first-order chi connectivity index (χ1) is 11.8. The molecule has 1 N–H and O–H groups in total. The maximum Gasteiger partial charge on any atom is 0.276 e. The molecular weight excluding hydrogens is 338 g/mol. The van der Waals surface area contributed by atoms with Gasteiger partial charge in [-0.2, -0.15) is 0 Å². The van der Waals surface area contributed by atoms with E-state index in [9.17, 15) is 4.79 Å². The molecule has 2 aliphatic rings. The Morgan fingerprint density at radius 2 is 2.08 bits per heavy atom. The van der Waals surface area contributed by atoms with Crippen LogP contribution in [0.2, 0.25) is 5.02 Å². The van der Waals surface area contributed by atoms with E-state index in [1.54, 1.807) is 11.6 Å². The van der Waals surface area contributed by atoms with E-state index >= 15 is 0 Å². The van der Waals surface area contributed by atoms with Crippen LogP contribution in [-0.4, -0.2) is 46.7 Å². The van der Waals surface area contributed by atoms with Gasteiger partial charge in [0.15, 0.2) is 0 Å². The highest BCUT2D eigenvalue weighted by atomic mass is 35.5. The van der Waals surface area contributed by atoms with Crippen molar-refractivity contribution in [2.75, 3.05) is 30.4 Å². The maximum atomic E-state index is 13.0. The SMILES string of the molecule is C=C1Nc2c(c3cnc(C)c(Cl)c3n(C)c2=O)N2CC(C)N(C)CC12. The third-order valence-electron chi connectivity index (χ3n) is 5.54. The molecule has 7 heteroatoms. The fourth-order valence-electron chi connectivity index (χ4n) is 3.88. The first-order valence-corrected chi connectivity index (χ1v) is 8.79. The van der Waals surface area contributed by atoms with Crippen LogP contribution in [0.3, 0.4) is 0 Å². The van der Waals surface area contributed by atoms with Gasteiger partial charge in [-0.25, -0.2) is 0 Å². The smallest absolute Gasteiger partial charge is 0.276 e. The minimum Gasteiger partial charge on any atom is -0.358 e. The van der Waals surface area contributed by atoms with Crippen LogP contribution in [0, 0.1) is 6.92 Å². The predicted molar refractivity (Wildman–Crippen MR) is 103 cm³/mol. The van der Waals surface area contributed by atoms with Gasteiger partial charge in [0.05, 0.1) is 28.0 Å². The second-order valence-corrected chi connectivity index (χ2v) is 7.49. The van der Waals surface area contributed by atoms with E-state index in [4.69, 9.17) is 11.6 Å². The molecule has 2 aromatic rings. The molecule has 0 aliphatic carbocycles. The zero-order valence-electron chi connectivity index (χ0n) is 14.9. The van der Waals surface area contributed by atoms with Crippen molar-refractivity contribution in [3.8, 4) is 0 Å². The van der Waals surface area contributed by atoms with E-state index in [-0.39, 0.29) is 11.6 Å². The van der Waals surface area contributed by atoms with E-state index in [1.165, 1.54) is 0 Å². The van der Waals surface area contributed by atoms with Crippen molar-refractivity contribution < 1.29 is 0 Å². The molecule has 132 valence electrons. The standard InChI is InChI=1S/C18H22ClN5O/c1-9-7-24-13(8-22(9)4)10(2)21-15-17(24)12-6-20-11(3)14(19)16(12)23(5)18(15)25/h6,9,13,21H,2,7-8H2,1,3-5H3. The number of nitrogens with one attached hydrogen (secondary N) is 1. The van der Waals surface area contributed by atoms with Gasteiger partial charge in [0.2, 0.25) is 0 Å². The number of halogens is 1. The van der Waals surface area contributed by atoms with Gasteiger partial charge in [-0.05, 0) is 20.9 Å². The molecule has 0 radical (unpaired) electrons. The molecule has 2 aliphatic heterocycles. The Morgan fingerprint density at radius 1 is 1.36 bits per heavy atom. The third kappa shape index (κ3) is 2.20. The van der Waals surface area contributed by atoms with Crippen LogP contribution in [0.25, 0.3) is 10.9 Å². The number of aromatic nitrogens is 2. The number of likely N-dealkylation sites (N-methyl/N-ethyl adjacent to an activating group) is 1. The number of aryl methyl sites for hydroxylation is 2. The van der Waals surface area contributed by atoms with Crippen molar-refractivity contribution in [1.82, 2.24) is 14.5 Å². The summed E-state index contributed by atoms with van der Waals surface area (Å²) in [6.45, 7) is 9.90. The van der Waals surface area contributed by atoms with Crippen molar-refractivity contribution in [1.29, 1.82) is 0 Å². The fraction of sp³-hybridized carbons (Fsp3) is 0.444. The molecular formula is C18H22ClN5O. The van der Waals surface area contributed by atoms with Crippen LogP contribution < -0.4 is 15.8 Å². The molecule has 1 fully saturated rings. The number of hydrogen-bond donors (Lipinski definition) is 1. The third-order valence-corrected chi connectivity index (χ3v) is 5.99. The lowest BCUT2D eigenvalue weighted by Crippen LogP contribution is -2.59. The zero-order chi connectivity index (χ0) is 18.0. The van der Waals surface area contributed by atoms with Crippen molar-refractivity contribution in [2.45, 2.75) is 25.9 Å². The van der Waals surface area contributed by atoms with Crippen molar-refractivity contribution in [3.63, 3.8) is 0 Å². The summed E-state index contributed by atoms with van der Waals surface area (Å²) in [7, 11) is 3.87. The fourth-order valence-corrected chi connectivity index (χ4v) is 4.16. The lowest BCUT2D eigenvalue weighted by molar-refractivity contribution is 0.210. The van der Waals surface area contributed by atoms with Crippen molar-refractivity contribution in [3.05, 3.63) is 39.5 Å². The van der Waals surface area contributed by atoms with Crippen LogP contribution in [-0.2, 0) is 7.05 Å². The lowest BCUT2D eigenvalue weighted by Gasteiger charge is -2.49. The number of pyridine rings is 2. The van der Waals surface area contributed by atoms with Gasteiger partial charge in [0.25, 0.3) is 5.56 Å². The molecule has 0 aromatic carbocycles. The van der Waals surface area contributed by atoms with Crippen molar-refractivity contribution >= 4 is 33.9 Å². The Labute approximate surface area is 151 Å². The number of anilines is 2. The molecule has 25 heavy (non-hydrogen) atoms. The number of hydrogen-bond acceptors (Lipinski definition) is 5. The van der Waals surface area contributed by atoms with Gasteiger partial charge in [-0.3, -0.25) is 14.7 Å². The Balaban J connectivity index is 2.07. The van der Waals surface area contributed by atoms with Crippen LogP contribution in [0.1, 0.15) is 12.6 Å². The Bertz CT molecular complexity index is 966. The normalized spacial score (nSPS) is 23.4. The quantitative estimate of drug-likeness (QED) is 0.782. The van der Waals surface area contributed by atoms with Crippen LogP contribution >= 0.6 is 11.6 Å². The van der Waals surface area contributed by atoms with Gasteiger partial charge in [-0.15, -0.1) is 0 Å². The summed E-state index contributed by atoms with van der Waals surface area (Å²) in [4.78, 5) is 22.0. The molecule has 0 saturated carbocycles. The van der Waals surface area contributed by atoms with Gasteiger partial charge < -0.3 is 14.8 Å². The first-order valence-electron chi connectivity index (χ1n) is 8.41. The lowest BCUT2D eigenvalue weighted by atomic mass is 9.99. The summed E-state index contributed by atoms with van der Waals surface area (Å²) in [6.07, 6.45) is 1.82. The number of piperazine rings is 1. The zero-order valence-corrected chi connectivity index (χ0v) is 15.7. The highest BCUT2D eigenvalue weighted by Gasteiger charge is 2.38. The van der Waals surface area contributed by atoms with Crippen molar-refractivity contribution in [2.24, 2.45) is 7.05 Å². The van der Waals surface area contributed by atoms with E-state index in [2.05, 4.69) is 40.7 Å². The molecule has 2 aromatic heterocycles. The van der Waals surface area contributed by atoms with Gasteiger partial charge in [0.1, 0.15) is 5.69 Å². The molecule has 4 rings (SSSR count). The van der Waals surface area contributed by atoms with Gasteiger partial charge in [0, 0.05) is 43.5 Å². The number of fused-ring (bicyclic) bond motifs is 5. The Hall–Kier alpha value is -2.05. The topological polar surface area (TPSA) is 53.4 Å².